The Labute approximate surface area is 509 Å². The number of ether oxygens (including phenoxy) is 3. The molecule has 5 heterocycles. The lowest BCUT2D eigenvalue weighted by Crippen LogP contribution is -2.78. The molecule has 1 aromatic heterocycles. The Bertz CT molecular complexity index is 2890. The smallest absolute Gasteiger partial charge is 0.248 e. The number of nitrogens with one attached hydrogen (secondary N) is 5. The fraction of sp³-hybridized carbons (Fsp3) is 0.708. The zero-order valence-electron chi connectivity index (χ0n) is 50.9. The van der Waals surface area contributed by atoms with Crippen molar-refractivity contribution in [3.05, 3.63) is 70.8 Å². The van der Waals surface area contributed by atoms with E-state index < -0.39 is 35.0 Å². The number of carbonyl (C=O) groups is 5. The minimum Gasteiger partial charge on any atom is -0.504 e. The van der Waals surface area contributed by atoms with Crippen LogP contribution in [0.1, 0.15) is 182 Å². The van der Waals surface area contributed by atoms with Gasteiger partial charge in [-0.15, -0.1) is 10.2 Å². The number of likely N-dealkylation sites (tertiary alicyclic amines) is 1. The lowest BCUT2D eigenvalue weighted by atomic mass is 9.48. The molecule has 2 aromatic carbocycles. The van der Waals surface area contributed by atoms with Crippen molar-refractivity contribution >= 4 is 29.5 Å². The van der Waals surface area contributed by atoms with Crippen LogP contribution in [0.2, 0.25) is 0 Å². The number of piperidine rings is 2. The highest BCUT2D eigenvalue weighted by molar-refractivity contribution is 5.81. The first-order chi connectivity index (χ1) is 42.0. The molecule has 5 amide bonds. The van der Waals surface area contributed by atoms with Crippen LogP contribution in [-0.4, -0.2) is 172 Å². The summed E-state index contributed by atoms with van der Waals surface area (Å²) in [5.41, 5.74) is 1.25. The third-order valence-corrected chi connectivity index (χ3v) is 20.5. The van der Waals surface area contributed by atoms with Crippen LogP contribution in [0, 0.1) is 11.8 Å². The highest BCUT2D eigenvalue weighted by Crippen LogP contribution is 2.65. The maximum Gasteiger partial charge on any atom is 0.248 e. The summed E-state index contributed by atoms with van der Waals surface area (Å²) in [6.07, 6.45) is 13.7. The van der Waals surface area contributed by atoms with Crippen LogP contribution in [0.15, 0.2) is 42.5 Å². The van der Waals surface area contributed by atoms with E-state index in [9.17, 15) is 43.0 Å². The van der Waals surface area contributed by atoms with Crippen molar-refractivity contribution < 1.29 is 57.2 Å². The number of aliphatic hydroxyl groups is 1. The average Bonchev–Trinajstić information content (AvgIpc) is 1.60. The van der Waals surface area contributed by atoms with Crippen LogP contribution < -0.4 is 31.3 Å². The topological polar surface area (TPSA) is 251 Å². The monoisotopic (exact) mass is 1210 g/mol. The molecule has 6 fully saturated rings. The van der Waals surface area contributed by atoms with Crippen LogP contribution in [0.25, 0.3) is 0 Å². The predicted molar refractivity (Wildman–Crippen MR) is 319 cm³/mol. The van der Waals surface area contributed by atoms with Gasteiger partial charge in [0.05, 0.1) is 23.1 Å². The van der Waals surface area contributed by atoms with Crippen LogP contribution in [-0.2, 0) is 51.7 Å². The number of nitrogens with zero attached hydrogens (tertiary/aromatic N) is 5. The fourth-order valence-electron chi connectivity index (χ4n) is 16.1. The summed E-state index contributed by atoms with van der Waals surface area (Å²) in [7, 11) is 0. The van der Waals surface area contributed by atoms with Crippen molar-refractivity contribution in [3.8, 4) is 11.5 Å². The maximum atomic E-state index is 13.9. The van der Waals surface area contributed by atoms with E-state index in [0.717, 1.165) is 112 Å². The number of rotatable bonds is 30. The molecule has 3 saturated carbocycles. The molecule has 3 unspecified atom stereocenters. The highest BCUT2D eigenvalue weighted by atomic mass is 19.3. The molecule has 22 heteroatoms. The number of hydrogen-bond donors (Lipinski definition) is 7. The van der Waals surface area contributed by atoms with Gasteiger partial charge in [0.1, 0.15) is 44.2 Å². The standard InChI is InChI=1S/C65H92F2N10O10/c1-41(2)61-74-73-53(77(61)48-34-46-16-17-47(35-48)76(46)31-23-49(43-11-7-6-8-12-43)72-62(83)44-19-24-63(66,67)25-20-44)22-30-70-56(81)39-85-37-54(79)68-28-9-4-3-5-10-29-69-55(80)38-86-40-57(82)71-50-21-26-65(84)52-33-45-15-18-51(78)59-58(45)64(65,60(50)87-59)27-32-75(52)36-42-13-14-42/h6-8,11-12,15,18,41-42,44,46-50,52,60,78,84H,3-5,9-10,13-14,16-17,19-40H2,1-2H3,(H,68,79)(H,69,80)(H,70,81)(H,71,82)(H,72,83)/t46?,47?,48?,49-,50?,52+,60-,64-,65+/m0/s1. The van der Waals surface area contributed by atoms with Crippen molar-refractivity contribution in [3.63, 3.8) is 0 Å². The van der Waals surface area contributed by atoms with Gasteiger partial charge in [-0.25, -0.2) is 8.78 Å². The summed E-state index contributed by atoms with van der Waals surface area (Å²) in [5, 5.41) is 47.8. The molecular weight excluding hydrogens is 1120 g/mol. The number of phenols is 1. The molecule has 7 N–H and O–H groups in total. The largest absolute Gasteiger partial charge is 0.504 e. The van der Waals surface area contributed by atoms with Crippen LogP contribution in [0.3, 0.4) is 0 Å². The number of benzene rings is 2. The summed E-state index contributed by atoms with van der Waals surface area (Å²) in [4.78, 5) is 69.6. The average molecular weight is 1210 g/mol. The van der Waals surface area contributed by atoms with Gasteiger partial charge in [-0.3, -0.25) is 33.8 Å². The number of aromatic hydroxyl groups is 1. The van der Waals surface area contributed by atoms with E-state index in [1.54, 1.807) is 6.07 Å². The molecule has 0 radical (unpaired) electrons. The minimum atomic E-state index is -2.69. The zero-order chi connectivity index (χ0) is 60.9. The molecule has 11 rings (SSSR count). The normalized spacial score (nSPS) is 27.5. The minimum absolute atomic E-state index is 0.0507. The Morgan fingerprint density at radius 3 is 2.05 bits per heavy atom. The van der Waals surface area contributed by atoms with Crippen molar-refractivity contribution in [1.82, 2.24) is 51.1 Å². The molecule has 3 saturated heterocycles. The Balaban J connectivity index is 0.523. The number of carbonyl (C=O) groups excluding carboxylic acids is 5. The summed E-state index contributed by atoms with van der Waals surface area (Å²) in [6, 6.07) is 13.8. The van der Waals surface area contributed by atoms with Crippen molar-refractivity contribution in [1.29, 1.82) is 0 Å². The van der Waals surface area contributed by atoms with Gasteiger partial charge in [0.15, 0.2) is 11.5 Å². The van der Waals surface area contributed by atoms with E-state index in [-0.39, 0.29) is 111 Å². The number of aromatic nitrogens is 3. The first-order valence-electron chi connectivity index (χ1n) is 32.7. The van der Waals surface area contributed by atoms with E-state index in [1.807, 2.05) is 36.4 Å². The first kappa shape index (κ1) is 62.8. The van der Waals surface area contributed by atoms with Gasteiger partial charge in [0.25, 0.3) is 0 Å². The molecule has 8 aliphatic rings. The SMILES string of the molecule is CC(C)c1nnc(CCNC(=O)COCC(=O)NCCCCCCCNC(=O)COCC(=O)NC2CC[C@@]3(O)[C@H]4Cc5ccc(O)c6c5[C@@]3(CCN4CC3CC3)[C@H]2O6)n1C1CC2CCC(C1)N2CC[C@H](NC(=O)C1CCC(F)(F)CC1)c1ccccc1. The van der Waals surface area contributed by atoms with Gasteiger partial charge in [-0.2, -0.15) is 0 Å². The Hall–Kier alpha value is -5.81. The molecular formula is C65H92F2N10O10. The number of unbranched alkanes of at least 4 members (excludes halogenated alkanes) is 4. The van der Waals surface area contributed by atoms with Gasteiger partial charge >= 0.3 is 0 Å². The van der Waals surface area contributed by atoms with Gasteiger partial charge in [-0.05, 0) is 126 Å². The van der Waals surface area contributed by atoms with Gasteiger partial charge in [0.2, 0.25) is 35.5 Å². The lowest BCUT2D eigenvalue weighted by Gasteiger charge is -2.64. The van der Waals surface area contributed by atoms with Gasteiger partial charge in [-0.1, -0.05) is 69.5 Å². The van der Waals surface area contributed by atoms with Crippen LogP contribution >= 0.6 is 0 Å². The number of amides is 5. The maximum absolute atomic E-state index is 13.9. The molecule has 4 aliphatic carbocycles. The third-order valence-electron chi connectivity index (χ3n) is 20.5. The summed E-state index contributed by atoms with van der Waals surface area (Å²) >= 11 is 0. The van der Waals surface area contributed by atoms with E-state index in [1.165, 1.54) is 12.8 Å². The van der Waals surface area contributed by atoms with E-state index >= 15 is 0 Å². The lowest BCUT2D eigenvalue weighted by molar-refractivity contribution is -0.192. The van der Waals surface area contributed by atoms with Crippen molar-refractivity contribution in [2.75, 3.05) is 65.7 Å². The molecule has 4 aliphatic heterocycles. The Morgan fingerprint density at radius 1 is 0.747 bits per heavy atom. The van der Waals surface area contributed by atoms with Gasteiger partial charge < -0.3 is 55.6 Å². The summed E-state index contributed by atoms with van der Waals surface area (Å²) in [6.45, 7) is 7.12. The number of hydrogen-bond acceptors (Lipinski definition) is 14. The van der Waals surface area contributed by atoms with E-state index in [2.05, 4.69) is 65.0 Å². The first-order valence-corrected chi connectivity index (χ1v) is 32.7. The van der Waals surface area contributed by atoms with Crippen molar-refractivity contribution in [2.24, 2.45) is 11.8 Å². The zero-order valence-corrected chi connectivity index (χ0v) is 50.9. The molecule has 4 bridgehead atoms. The van der Waals surface area contributed by atoms with Crippen LogP contribution in [0.4, 0.5) is 8.78 Å². The molecule has 8 atom stereocenters. The van der Waals surface area contributed by atoms with E-state index in [4.69, 9.17) is 14.2 Å². The van der Waals surface area contributed by atoms with E-state index in [0.29, 0.717) is 75.5 Å². The number of halogens is 2. The fourth-order valence-corrected chi connectivity index (χ4v) is 16.1. The number of alkyl halides is 2. The summed E-state index contributed by atoms with van der Waals surface area (Å²) < 4.78 is 47.6. The Morgan fingerprint density at radius 2 is 1.39 bits per heavy atom. The molecule has 1 spiro atoms. The summed E-state index contributed by atoms with van der Waals surface area (Å²) in [5.74, 6) is -1.42. The molecule has 3 aromatic rings. The second-order valence-corrected chi connectivity index (χ2v) is 26.7. The molecule has 20 nitrogen and oxygen atoms in total. The van der Waals surface area contributed by atoms with Gasteiger partial charge in [0, 0.05) is 93.6 Å². The van der Waals surface area contributed by atoms with Crippen molar-refractivity contribution in [2.45, 2.75) is 214 Å². The van der Waals surface area contributed by atoms with Crippen LogP contribution in [0.5, 0.6) is 11.5 Å². The predicted octanol–water partition coefficient (Wildman–Crippen LogP) is 5.97. The second-order valence-electron chi connectivity index (χ2n) is 26.7. The Kier molecular flexibility index (Phi) is 19.9. The number of fused-ring (bicyclic) bond motifs is 2. The quantitative estimate of drug-likeness (QED) is 0.0380. The third kappa shape index (κ3) is 14.1. The molecule has 87 heavy (non-hydrogen) atoms. The molecule has 476 valence electrons. The number of phenolic OH excluding ortho intramolecular Hbond substituents is 1. The highest BCUT2D eigenvalue weighted by Gasteiger charge is 2.73. The second kappa shape index (κ2) is 27.5.